The molecule has 0 fully saturated rings. The molecule has 1 N–H and O–H groups in total. The third kappa shape index (κ3) is 4.82. The molecule has 8 nitrogen and oxygen atoms in total. The van der Waals surface area contributed by atoms with Crippen molar-refractivity contribution in [1.82, 2.24) is 5.32 Å². The molecular formula is C22H28N2O6S. The Labute approximate surface area is 183 Å². The maximum atomic E-state index is 13.2. The van der Waals surface area contributed by atoms with E-state index < -0.39 is 27.4 Å². The number of carbonyl (C=O) groups is 2. The van der Waals surface area contributed by atoms with Gasteiger partial charge in [0.25, 0.3) is 15.9 Å². The smallest absolute Gasteiger partial charge is 0.331 e. The van der Waals surface area contributed by atoms with Crippen LogP contribution in [0.5, 0.6) is 5.75 Å². The van der Waals surface area contributed by atoms with E-state index in [4.69, 9.17) is 9.47 Å². The van der Waals surface area contributed by atoms with Gasteiger partial charge in [0.05, 0.1) is 24.8 Å². The molecule has 0 saturated heterocycles. The zero-order chi connectivity index (χ0) is 23.4. The van der Waals surface area contributed by atoms with Crippen LogP contribution in [0.2, 0.25) is 0 Å². The van der Waals surface area contributed by atoms with E-state index in [1.165, 1.54) is 33.4 Å². The predicted octanol–water partition coefficient (Wildman–Crippen LogP) is 2.90. The van der Waals surface area contributed by atoms with Crippen LogP contribution in [0.3, 0.4) is 0 Å². The molecule has 0 heterocycles. The molecule has 0 spiro atoms. The average molecular weight is 449 g/mol. The lowest BCUT2D eigenvalue weighted by molar-refractivity contribution is -0.147. The van der Waals surface area contributed by atoms with Crippen LogP contribution in [0.1, 0.15) is 36.2 Å². The quantitative estimate of drug-likeness (QED) is 0.623. The highest BCUT2D eigenvalue weighted by Gasteiger charge is 2.35. The number of esters is 1. The molecule has 31 heavy (non-hydrogen) atoms. The molecule has 0 aliphatic carbocycles. The van der Waals surface area contributed by atoms with Crippen molar-refractivity contribution in [2.24, 2.45) is 0 Å². The van der Waals surface area contributed by atoms with Crippen molar-refractivity contribution in [2.45, 2.75) is 37.6 Å². The van der Waals surface area contributed by atoms with Gasteiger partial charge in [-0.25, -0.2) is 13.2 Å². The predicted molar refractivity (Wildman–Crippen MR) is 118 cm³/mol. The van der Waals surface area contributed by atoms with E-state index in [1.807, 2.05) is 0 Å². The molecule has 1 unspecified atom stereocenters. The summed E-state index contributed by atoms with van der Waals surface area (Å²) in [6.45, 7) is 4.99. The zero-order valence-electron chi connectivity index (χ0n) is 18.6. The van der Waals surface area contributed by atoms with Gasteiger partial charge in [-0.1, -0.05) is 25.1 Å². The van der Waals surface area contributed by atoms with Gasteiger partial charge in [-0.05, 0) is 50.1 Å². The number of carbonyl (C=O) groups excluding carboxylic acids is 2. The van der Waals surface area contributed by atoms with Gasteiger partial charge in [-0.15, -0.1) is 0 Å². The van der Waals surface area contributed by atoms with Crippen LogP contribution in [-0.2, 0) is 19.6 Å². The lowest BCUT2D eigenvalue weighted by Crippen LogP contribution is -2.52. The molecule has 0 aliphatic heterocycles. The first-order valence-electron chi connectivity index (χ1n) is 9.65. The molecule has 0 bridgehead atoms. The minimum Gasteiger partial charge on any atom is -0.495 e. The van der Waals surface area contributed by atoms with Gasteiger partial charge in [0.15, 0.2) is 0 Å². The summed E-state index contributed by atoms with van der Waals surface area (Å²) in [5.41, 5.74) is -0.153. The fourth-order valence-corrected chi connectivity index (χ4v) is 4.24. The van der Waals surface area contributed by atoms with E-state index >= 15 is 0 Å². The van der Waals surface area contributed by atoms with E-state index in [0.29, 0.717) is 23.4 Å². The molecule has 168 valence electrons. The number of rotatable bonds is 8. The second-order valence-electron chi connectivity index (χ2n) is 7.25. The van der Waals surface area contributed by atoms with Crippen LogP contribution in [0.4, 0.5) is 5.69 Å². The van der Waals surface area contributed by atoms with Crippen molar-refractivity contribution in [2.75, 3.05) is 25.6 Å². The Morgan fingerprint density at radius 3 is 2.35 bits per heavy atom. The number of ether oxygens (including phenoxy) is 2. The number of sulfonamides is 1. The summed E-state index contributed by atoms with van der Waals surface area (Å²) in [7, 11) is 0.131. The van der Waals surface area contributed by atoms with E-state index in [-0.39, 0.29) is 10.5 Å². The Balaban J connectivity index is 2.46. The van der Waals surface area contributed by atoms with Crippen LogP contribution in [0, 0.1) is 6.92 Å². The van der Waals surface area contributed by atoms with E-state index in [1.54, 1.807) is 51.1 Å². The van der Waals surface area contributed by atoms with Gasteiger partial charge in [-0.2, -0.15) is 0 Å². The third-order valence-electron chi connectivity index (χ3n) is 5.27. The van der Waals surface area contributed by atoms with Gasteiger partial charge < -0.3 is 14.8 Å². The van der Waals surface area contributed by atoms with Crippen molar-refractivity contribution < 1.29 is 27.5 Å². The Morgan fingerprint density at radius 2 is 1.77 bits per heavy atom. The SMILES string of the molecule is CCC(C)(NC(=O)c1cc(S(=O)(=O)N(C)c2ccccc2OC)ccc1C)C(=O)OC. The molecule has 0 aliphatic rings. The number of amides is 1. The van der Waals surface area contributed by atoms with E-state index in [0.717, 1.165) is 4.31 Å². The first kappa shape index (κ1) is 24.2. The first-order chi connectivity index (χ1) is 14.5. The number of hydrogen-bond donors (Lipinski definition) is 1. The third-order valence-corrected chi connectivity index (χ3v) is 7.04. The van der Waals surface area contributed by atoms with Gasteiger partial charge in [0.1, 0.15) is 11.3 Å². The molecule has 2 aromatic rings. The highest BCUT2D eigenvalue weighted by Crippen LogP contribution is 2.31. The Morgan fingerprint density at radius 1 is 1.13 bits per heavy atom. The minimum absolute atomic E-state index is 0.0621. The average Bonchev–Trinajstić information content (AvgIpc) is 2.77. The molecular weight excluding hydrogens is 420 g/mol. The van der Waals surface area contributed by atoms with Gasteiger partial charge in [-0.3, -0.25) is 9.10 Å². The fraction of sp³-hybridized carbons (Fsp3) is 0.364. The molecule has 0 radical (unpaired) electrons. The lowest BCUT2D eigenvalue weighted by Gasteiger charge is -2.27. The summed E-state index contributed by atoms with van der Waals surface area (Å²) < 4.78 is 37.6. The molecule has 0 aromatic heterocycles. The summed E-state index contributed by atoms with van der Waals surface area (Å²) in [5.74, 6) is -0.750. The monoisotopic (exact) mass is 448 g/mol. The van der Waals surface area contributed by atoms with Crippen molar-refractivity contribution in [3.63, 3.8) is 0 Å². The maximum Gasteiger partial charge on any atom is 0.331 e. The van der Waals surface area contributed by atoms with Crippen molar-refractivity contribution >= 4 is 27.6 Å². The van der Waals surface area contributed by atoms with Gasteiger partial charge >= 0.3 is 5.97 Å². The number of methoxy groups -OCH3 is 2. The Bertz CT molecular complexity index is 1080. The minimum atomic E-state index is -3.99. The molecule has 9 heteroatoms. The summed E-state index contributed by atoms with van der Waals surface area (Å²) in [6, 6.07) is 11.0. The maximum absolute atomic E-state index is 13.2. The fourth-order valence-electron chi connectivity index (χ4n) is 3.01. The van der Waals surface area contributed by atoms with Crippen LogP contribution >= 0.6 is 0 Å². The number of nitrogens with zero attached hydrogens (tertiary/aromatic N) is 1. The summed E-state index contributed by atoms with van der Waals surface area (Å²) >= 11 is 0. The summed E-state index contributed by atoms with van der Waals surface area (Å²) in [4.78, 5) is 25.0. The highest BCUT2D eigenvalue weighted by molar-refractivity contribution is 7.92. The standard InChI is InChI=1S/C22H28N2O6S/c1-7-22(3,21(26)30-6)23-20(25)17-14-16(13-12-15(17)2)31(27,28)24(4)18-10-8-9-11-19(18)29-5/h8-14H,7H2,1-6H3,(H,23,25). The number of benzene rings is 2. The van der Waals surface area contributed by atoms with Gasteiger partial charge in [0.2, 0.25) is 0 Å². The summed E-state index contributed by atoms with van der Waals surface area (Å²) in [6.07, 6.45) is 0.305. The highest BCUT2D eigenvalue weighted by atomic mass is 32.2. The lowest BCUT2D eigenvalue weighted by atomic mass is 9.97. The zero-order valence-corrected chi connectivity index (χ0v) is 19.4. The van der Waals surface area contributed by atoms with Crippen LogP contribution in [0.15, 0.2) is 47.4 Å². The number of aryl methyl sites for hydroxylation is 1. The largest absolute Gasteiger partial charge is 0.495 e. The normalized spacial score (nSPS) is 13.1. The molecule has 1 atom stereocenters. The Hall–Kier alpha value is -3.07. The first-order valence-corrected chi connectivity index (χ1v) is 11.1. The second kappa shape index (κ2) is 9.38. The molecule has 2 aromatic carbocycles. The number of anilines is 1. The number of nitrogens with one attached hydrogen (secondary N) is 1. The number of para-hydroxylation sites is 2. The van der Waals surface area contributed by atoms with Crippen LogP contribution < -0.4 is 14.4 Å². The van der Waals surface area contributed by atoms with Crippen molar-refractivity contribution in [3.05, 3.63) is 53.6 Å². The van der Waals surface area contributed by atoms with E-state index in [2.05, 4.69) is 5.32 Å². The second-order valence-corrected chi connectivity index (χ2v) is 9.22. The molecule has 1 amide bonds. The van der Waals surface area contributed by atoms with Crippen molar-refractivity contribution in [1.29, 1.82) is 0 Å². The Kier molecular flexibility index (Phi) is 7.32. The summed E-state index contributed by atoms with van der Waals surface area (Å²) in [5, 5.41) is 2.67. The van der Waals surface area contributed by atoms with Crippen LogP contribution in [0.25, 0.3) is 0 Å². The number of hydrogen-bond acceptors (Lipinski definition) is 6. The van der Waals surface area contributed by atoms with E-state index in [9.17, 15) is 18.0 Å². The molecule has 2 rings (SSSR count). The van der Waals surface area contributed by atoms with Crippen LogP contribution in [-0.4, -0.2) is 47.1 Å². The van der Waals surface area contributed by atoms with Crippen molar-refractivity contribution in [3.8, 4) is 5.75 Å². The molecule has 0 saturated carbocycles. The van der Waals surface area contributed by atoms with Gasteiger partial charge in [0, 0.05) is 12.6 Å². The topological polar surface area (TPSA) is 102 Å².